The fourth-order valence-corrected chi connectivity index (χ4v) is 1.73. The Balaban J connectivity index is 2.26. The van der Waals surface area contributed by atoms with Crippen molar-refractivity contribution in [2.75, 3.05) is 12.4 Å². The first-order valence-corrected chi connectivity index (χ1v) is 6.03. The lowest BCUT2D eigenvalue weighted by atomic mass is 10.1. The van der Waals surface area contributed by atoms with Gasteiger partial charge in [-0.2, -0.15) is 0 Å². The highest BCUT2D eigenvalue weighted by molar-refractivity contribution is 6.07. The number of esters is 1. The standard InChI is InChI=1S/C15H14N2O3/c1-10-7-8-16-13(9-10)14(18)17-12-6-4-3-5-11(12)15(19)20-2/h3-9H,1-2H3,(H,17,18). The lowest BCUT2D eigenvalue weighted by Crippen LogP contribution is -2.16. The van der Waals surface area contributed by atoms with Crippen LogP contribution in [0.15, 0.2) is 42.6 Å². The quantitative estimate of drug-likeness (QED) is 0.870. The second kappa shape index (κ2) is 5.97. The molecule has 0 radical (unpaired) electrons. The summed E-state index contributed by atoms with van der Waals surface area (Å²) in [5.74, 6) is -0.872. The molecule has 20 heavy (non-hydrogen) atoms. The van der Waals surface area contributed by atoms with E-state index in [1.807, 2.05) is 6.92 Å². The van der Waals surface area contributed by atoms with Crippen LogP contribution in [0.3, 0.4) is 0 Å². The number of nitrogens with one attached hydrogen (secondary N) is 1. The maximum atomic E-state index is 12.1. The summed E-state index contributed by atoms with van der Waals surface area (Å²) in [5, 5.41) is 2.67. The van der Waals surface area contributed by atoms with Gasteiger partial charge in [-0.15, -0.1) is 0 Å². The Morgan fingerprint density at radius 1 is 1.20 bits per heavy atom. The summed E-state index contributed by atoms with van der Waals surface area (Å²) < 4.78 is 4.68. The number of nitrogens with zero attached hydrogens (tertiary/aromatic N) is 1. The summed E-state index contributed by atoms with van der Waals surface area (Å²) in [6.45, 7) is 1.88. The van der Waals surface area contributed by atoms with Crippen molar-refractivity contribution in [3.05, 3.63) is 59.4 Å². The van der Waals surface area contributed by atoms with E-state index in [-0.39, 0.29) is 5.91 Å². The molecule has 0 bridgehead atoms. The number of carbonyl (C=O) groups excluding carboxylic acids is 2. The van der Waals surface area contributed by atoms with E-state index in [2.05, 4.69) is 15.0 Å². The van der Waals surface area contributed by atoms with Crippen molar-refractivity contribution in [2.24, 2.45) is 0 Å². The summed E-state index contributed by atoms with van der Waals surface area (Å²) >= 11 is 0. The number of aryl methyl sites for hydroxylation is 1. The van der Waals surface area contributed by atoms with Gasteiger partial charge in [0.25, 0.3) is 5.91 Å². The van der Waals surface area contributed by atoms with E-state index < -0.39 is 5.97 Å². The highest BCUT2D eigenvalue weighted by Crippen LogP contribution is 2.17. The predicted octanol–water partition coefficient (Wildman–Crippen LogP) is 2.43. The van der Waals surface area contributed by atoms with Crippen molar-refractivity contribution in [3.8, 4) is 0 Å². The lowest BCUT2D eigenvalue weighted by molar-refractivity contribution is 0.0602. The van der Waals surface area contributed by atoms with Crippen LogP contribution in [0, 0.1) is 6.92 Å². The molecule has 0 aliphatic rings. The third kappa shape index (κ3) is 3.00. The normalized spacial score (nSPS) is 9.90. The maximum absolute atomic E-state index is 12.1. The highest BCUT2D eigenvalue weighted by Gasteiger charge is 2.14. The number of para-hydroxylation sites is 1. The highest BCUT2D eigenvalue weighted by atomic mass is 16.5. The Hall–Kier alpha value is -2.69. The number of rotatable bonds is 3. The molecule has 1 N–H and O–H groups in total. The van der Waals surface area contributed by atoms with Crippen molar-refractivity contribution in [1.29, 1.82) is 0 Å². The van der Waals surface area contributed by atoms with Gasteiger partial charge in [-0.25, -0.2) is 4.79 Å². The largest absolute Gasteiger partial charge is 0.465 e. The first kappa shape index (κ1) is 13.7. The van der Waals surface area contributed by atoms with E-state index in [0.29, 0.717) is 16.9 Å². The molecular weight excluding hydrogens is 256 g/mol. The molecule has 0 unspecified atom stereocenters. The van der Waals surface area contributed by atoms with E-state index >= 15 is 0 Å². The van der Waals surface area contributed by atoms with Crippen molar-refractivity contribution in [2.45, 2.75) is 6.92 Å². The molecule has 5 heteroatoms. The number of carbonyl (C=O) groups is 2. The van der Waals surface area contributed by atoms with Crippen LogP contribution in [0.5, 0.6) is 0 Å². The number of hydrogen-bond donors (Lipinski definition) is 1. The molecule has 1 aromatic carbocycles. The smallest absolute Gasteiger partial charge is 0.339 e. The van der Waals surface area contributed by atoms with Crippen LogP contribution in [0.25, 0.3) is 0 Å². The van der Waals surface area contributed by atoms with Crippen molar-refractivity contribution >= 4 is 17.6 Å². The third-order valence-corrected chi connectivity index (χ3v) is 2.73. The van der Waals surface area contributed by atoms with Crippen LogP contribution in [0.2, 0.25) is 0 Å². The molecule has 0 spiro atoms. The zero-order valence-electron chi connectivity index (χ0n) is 11.2. The zero-order valence-corrected chi connectivity index (χ0v) is 11.2. The maximum Gasteiger partial charge on any atom is 0.339 e. The van der Waals surface area contributed by atoms with E-state index in [9.17, 15) is 9.59 Å². The average Bonchev–Trinajstić information content (AvgIpc) is 2.47. The molecule has 2 rings (SSSR count). The van der Waals surface area contributed by atoms with Crippen LogP contribution in [-0.2, 0) is 4.74 Å². The monoisotopic (exact) mass is 270 g/mol. The second-order valence-electron chi connectivity index (χ2n) is 4.21. The SMILES string of the molecule is COC(=O)c1ccccc1NC(=O)c1cc(C)ccn1. The molecule has 1 aromatic heterocycles. The molecule has 0 fully saturated rings. The molecule has 1 heterocycles. The van der Waals surface area contributed by atoms with Crippen LogP contribution in [0.1, 0.15) is 26.4 Å². The minimum atomic E-state index is -0.502. The number of ether oxygens (including phenoxy) is 1. The van der Waals surface area contributed by atoms with Crippen LogP contribution in [0.4, 0.5) is 5.69 Å². The minimum Gasteiger partial charge on any atom is -0.465 e. The van der Waals surface area contributed by atoms with Gasteiger partial charge in [0.1, 0.15) is 5.69 Å². The number of pyridine rings is 1. The lowest BCUT2D eigenvalue weighted by Gasteiger charge is -2.09. The van der Waals surface area contributed by atoms with Gasteiger partial charge in [0.2, 0.25) is 0 Å². The van der Waals surface area contributed by atoms with Gasteiger partial charge in [0.05, 0.1) is 18.4 Å². The number of benzene rings is 1. The fourth-order valence-electron chi connectivity index (χ4n) is 1.73. The Morgan fingerprint density at radius 2 is 1.95 bits per heavy atom. The molecule has 0 aliphatic heterocycles. The number of methoxy groups -OCH3 is 1. The Kier molecular flexibility index (Phi) is 4.10. The molecule has 0 saturated carbocycles. The predicted molar refractivity (Wildman–Crippen MR) is 74.7 cm³/mol. The summed E-state index contributed by atoms with van der Waals surface area (Å²) in [4.78, 5) is 27.7. The molecule has 102 valence electrons. The fraction of sp³-hybridized carbons (Fsp3) is 0.133. The van der Waals surface area contributed by atoms with E-state index in [1.165, 1.54) is 7.11 Å². The summed E-state index contributed by atoms with van der Waals surface area (Å²) in [6.07, 6.45) is 1.57. The minimum absolute atomic E-state index is 0.296. The molecule has 1 amide bonds. The molecule has 5 nitrogen and oxygen atoms in total. The average molecular weight is 270 g/mol. The van der Waals surface area contributed by atoms with Gasteiger partial charge in [-0.1, -0.05) is 12.1 Å². The van der Waals surface area contributed by atoms with Gasteiger partial charge >= 0.3 is 5.97 Å². The summed E-state index contributed by atoms with van der Waals surface area (Å²) in [7, 11) is 1.29. The molecular formula is C15H14N2O3. The van der Waals surface area contributed by atoms with Crippen LogP contribution < -0.4 is 5.32 Å². The first-order chi connectivity index (χ1) is 9.61. The first-order valence-electron chi connectivity index (χ1n) is 6.03. The van der Waals surface area contributed by atoms with Gasteiger partial charge in [0.15, 0.2) is 0 Å². The van der Waals surface area contributed by atoms with Gasteiger partial charge in [0, 0.05) is 6.20 Å². The Morgan fingerprint density at radius 3 is 2.65 bits per heavy atom. The summed E-state index contributed by atoms with van der Waals surface area (Å²) in [6, 6.07) is 10.1. The number of aromatic nitrogens is 1. The zero-order chi connectivity index (χ0) is 14.5. The number of amides is 1. The molecule has 2 aromatic rings. The van der Waals surface area contributed by atoms with Crippen LogP contribution in [-0.4, -0.2) is 24.0 Å². The van der Waals surface area contributed by atoms with Crippen molar-refractivity contribution < 1.29 is 14.3 Å². The summed E-state index contributed by atoms with van der Waals surface area (Å²) in [5.41, 5.74) is 1.93. The van der Waals surface area contributed by atoms with E-state index in [4.69, 9.17) is 0 Å². The Bertz CT molecular complexity index is 653. The van der Waals surface area contributed by atoms with Gasteiger partial charge < -0.3 is 10.1 Å². The number of anilines is 1. The van der Waals surface area contributed by atoms with Crippen molar-refractivity contribution in [1.82, 2.24) is 4.98 Å². The third-order valence-electron chi connectivity index (χ3n) is 2.73. The molecule has 0 saturated heterocycles. The van der Waals surface area contributed by atoms with E-state index in [1.54, 1.807) is 42.6 Å². The van der Waals surface area contributed by atoms with Gasteiger partial charge in [-0.05, 0) is 36.8 Å². The van der Waals surface area contributed by atoms with Crippen molar-refractivity contribution in [3.63, 3.8) is 0 Å². The van der Waals surface area contributed by atoms with Gasteiger partial charge in [-0.3, -0.25) is 9.78 Å². The van der Waals surface area contributed by atoms with E-state index in [0.717, 1.165) is 5.56 Å². The Labute approximate surface area is 116 Å². The second-order valence-corrected chi connectivity index (χ2v) is 4.21. The number of hydrogen-bond acceptors (Lipinski definition) is 4. The molecule has 0 aliphatic carbocycles. The molecule has 0 atom stereocenters. The topological polar surface area (TPSA) is 68.3 Å². The van der Waals surface area contributed by atoms with Crippen LogP contribution >= 0.6 is 0 Å².